The fourth-order valence-corrected chi connectivity index (χ4v) is 3.04. The highest BCUT2D eigenvalue weighted by molar-refractivity contribution is 5.92. The maximum absolute atomic E-state index is 12.5. The molecule has 0 spiro atoms. The van der Waals surface area contributed by atoms with Crippen molar-refractivity contribution < 1.29 is 4.79 Å². The summed E-state index contributed by atoms with van der Waals surface area (Å²) in [4.78, 5) is 31.1. The van der Waals surface area contributed by atoms with Gasteiger partial charge >= 0.3 is 0 Å². The largest absolute Gasteiger partial charge is 0.372 e. The van der Waals surface area contributed by atoms with Crippen LogP contribution in [0.25, 0.3) is 0 Å². The maximum atomic E-state index is 12.5. The number of carbonyl (C=O) groups excluding carboxylic acids is 1. The van der Waals surface area contributed by atoms with E-state index in [-0.39, 0.29) is 5.91 Å². The molecule has 0 bridgehead atoms. The van der Waals surface area contributed by atoms with Gasteiger partial charge in [0.25, 0.3) is 5.91 Å². The lowest BCUT2D eigenvalue weighted by Crippen LogP contribution is -2.32. The van der Waals surface area contributed by atoms with Crippen molar-refractivity contribution in [3.63, 3.8) is 0 Å². The number of hydrogen-bond acceptors (Lipinski definition) is 6. The molecule has 1 N–H and O–H groups in total. The number of nitrogens with zero attached hydrogens (tertiary/aromatic N) is 5. The van der Waals surface area contributed by atoms with Gasteiger partial charge in [0.15, 0.2) is 0 Å². The zero-order valence-corrected chi connectivity index (χ0v) is 13.9. The molecular weight excluding hydrogens is 304 g/mol. The van der Waals surface area contributed by atoms with Gasteiger partial charge in [-0.1, -0.05) is 0 Å². The van der Waals surface area contributed by atoms with Gasteiger partial charge in [0, 0.05) is 26.3 Å². The number of likely N-dealkylation sites (tertiary alicyclic amines) is 1. The van der Waals surface area contributed by atoms with Crippen LogP contribution in [0.4, 0.5) is 5.82 Å². The van der Waals surface area contributed by atoms with E-state index in [1.54, 1.807) is 18.5 Å². The first kappa shape index (κ1) is 16.3. The minimum Gasteiger partial charge on any atom is -0.372 e. The molecule has 0 aromatic carbocycles. The number of nitrogens with one attached hydrogen (secondary N) is 1. The lowest BCUT2D eigenvalue weighted by atomic mass is 9.95. The lowest BCUT2D eigenvalue weighted by Gasteiger charge is -2.20. The van der Waals surface area contributed by atoms with E-state index in [9.17, 15) is 4.79 Å². The Hall–Kier alpha value is -2.57. The van der Waals surface area contributed by atoms with E-state index >= 15 is 0 Å². The van der Waals surface area contributed by atoms with E-state index in [1.807, 2.05) is 18.1 Å². The molecule has 24 heavy (non-hydrogen) atoms. The van der Waals surface area contributed by atoms with E-state index in [4.69, 9.17) is 0 Å². The highest BCUT2D eigenvalue weighted by Gasteiger charge is 2.22. The van der Waals surface area contributed by atoms with E-state index in [2.05, 4.69) is 25.3 Å². The molecule has 2 aromatic heterocycles. The second-order valence-electron chi connectivity index (χ2n) is 6.03. The van der Waals surface area contributed by atoms with Crippen LogP contribution in [0.1, 0.15) is 35.4 Å². The summed E-state index contributed by atoms with van der Waals surface area (Å²) in [5.74, 6) is 1.31. The summed E-state index contributed by atoms with van der Waals surface area (Å²) in [6.07, 6.45) is 10.6. The zero-order valence-electron chi connectivity index (χ0n) is 13.9. The first-order valence-corrected chi connectivity index (χ1v) is 8.30. The molecule has 1 aliphatic heterocycles. The normalized spacial score (nSPS) is 18.0. The molecule has 3 heterocycles. The Morgan fingerprint density at radius 3 is 2.88 bits per heavy atom. The summed E-state index contributed by atoms with van der Waals surface area (Å²) in [5.41, 5.74) is 1.48. The Bertz CT molecular complexity index is 661. The van der Waals surface area contributed by atoms with Gasteiger partial charge in [-0.3, -0.25) is 9.78 Å². The zero-order chi connectivity index (χ0) is 16.8. The van der Waals surface area contributed by atoms with Crippen LogP contribution in [-0.4, -0.2) is 50.9 Å². The summed E-state index contributed by atoms with van der Waals surface area (Å²) < 4.78 is 0. The van der Waals surface area contributed by atoms with Gasteiger partial charge in [-0.2, -0.15) is 0 Å². The van der Waals surface area contributed by atoms with Crippen molar-refractivity contribution in [3.8, 4) is 0 Å². The Morgan fingerprint density at radius 2 is 2.17 bits per heavy atom. The van der Waals surface area contributed by atoms with Gasteiger partial charge in [0.2, 0.25) is 0 Å². The van der Waals surface area contributed by atoms with Crippen molar-refractivity contribution in [1.29, 1.82) is 0 Å². The fraction of sp³-hybridized carbons (Fsp3) is 0.471. The fourth-order valence-electron chi connectivity index (χ4n) is 3.04. The smallest absolute Gasteiger partial charge is 0.272 e. The van der Waals surface area contributed by atoms with Crippen LogP contribution in [0.5, 0.6) is 0 Å². The van der Waals surface area contributed by atoms with Crippen LogP contribution >= 0.6 is 0 Å². The Morgan fingerprint density at radius 1 is 1.25 bits per heavy atom. The van der Waals surface area contributed by atoms with Crippen molar-refractivity contribution in [1.82, 2.24) is 24.8 Å². The van der Waals surface area contributed by atoms with Crippen molar-refractivity contribution >= 4 is 11.7 Å². The van der Waals surface area contributed by atoms with Gasteiger partial charge in [-0.15, -0.1) is 0 Å². The van der Waals surface area contributed by atoms with Crippen LogP contribution in [0.15, 0.2) is 31.0 Å². The van der Waals surface area contributed by atoms with E-state index < -0.39 is 0 Å². The highest BCUT2D eigenvalue weighted by Crippen LogP contribution is 2.22. The summed E-state index contributed by atoms with van der Waals surface area (Å²) in [6, 6.07) is 1.67. The van der Waals surface area contributed by atoms with Crippen molar-refractivity contribution in [3.05, 3.63) is 42.4 Å². The molecule has 1 amide bonds. The minimum atomic E-state index is -0.00350. The molecule has 1 atom stereocenters. The van der Waals surface area contributed by atoms with Crippen molar-refractivity contribution in [2.45, 2.75) is 25.7 Å². The third kappa shape index (κ3) is 4.04. The third-order valence-electron chi connectivity index (χ3n) is 4.40. The molecule has 1 saturated heterocycles. The molecule has 7 heteroatoms. The molecule has 1 fully saturated rings. The number of carbonyl (C=O) groups is 1. The molecule has 126 valence electrons. The Labute approximate surface area is 141 Å². The topological polar surface area (TPSA) is 83.9 Å². The van der Waals surface area contributed by atoms with Crippen LogP contribution < -0.4 is 5.32 Å². The number of amides is 1. The maximum Gasteiger partial charge on any atom is 0.272 e. The SMILES string of the molecule is CNc1cnc(CC2CCCN(C(=O)c3ccncn3)CC2)cn1. The molecule has 1 aliphatic rings. The number of rotatable bonds is 4. The number of anilines is 1. The van der Waals surface area contributed by atoms with Gasteiger partial charge < -0.3 is 10.2 Å². The van der Waals surface area contributed by atoms with Gasteiger partial charge in [-0.25, -0.2) is 15.0 Å². The Kier molecular flexibility index (Phi) is 5.30. The van der Waals surface area contributed by atoms with E-state index in [0.717, 1.165) is 50.3 Å². The number of aromatic nitrogens is 4. The lowest BCUT2D eigenvalue weighted by molar-refractivity contribution is 0.0754. The second kappa shape index (κ2) is 7.81. The quantitative estimate of drug-likeness (QED) is 0.922. The standard InChI is InChI=1S/C17H22N6O/c1-18-16-11-20-14(10-21-16)9-13-3-2-7-23(8-5-13)17(24)15-4-6-19-12-22-15/h4,6,10-13H,2-3,5,7-9H2,1H3,(H,18,21). The van der Waals surface area contributed by atoms with Crippen LogP contribution in [0.3, 0.4) is 0 Å². The molecule has 7 nitrogen and oxygen atoms in total. The predicted octanol–water partition coefficient (Wildman–Crippen LogP) is 1.79. The monoisotopic (exact) mass is 326 g/mol. The van der Waals surface area contributed by atoms with Crippen molar-refractivity contribution in [2.75, 3.05) is 25.5 Å². The minimum absolute atomic E-state index is 0.00350. The predicted molar refractivity (Wildman–Crippen MR) is 90.6 cm³/mol. The van der Waals surface area contributed by atoms with E-state index in [0.29, 0.717) is 11.6 Å². The summed E-state index contributed by atoms with van der Waals surface area (Å²) in [7, 11) is 1.83. The molecule has 0 aliphatic carbocycles. The molecule has 1 unspecified atom stereocenters. The van der Waals surface area contributed by atoms with Crippen LogP contribution in [0.2, 0.25) is 0 Å². The molecule has 3 rings (SSSR count). The van der Waals surface area contributed by atoms with Crippen LogP contribution in [-0.2, 0) is 6.42 Å². The first-order valence-electron chi connectivity index (χ1n) is 8.30. The summed E-state index contributed by atoms with van der Waals surface area (Å²) in [5, 5.41) is 2.97. The van der Waals surface area contributed by atoms with Gasteiger partial charge in [0.05, 0.1) is 18.1 Å². The third-order valence-corrected chi connectivity index (χ3v) is 4.40. The number of hydrogen-bond donors (Lipinski definition) is 1. The summed E-state index contributed by atoms with van der Waals surface area (Å²) in [6.45, 7) is 1.54. The molecular formula is C17H22N6O. The molecule has 0 radical (unpaired) electrons. The molecule has 0 saturated carbocycles. The highest BCUT2D eigenvalue weighted by atomic mass is 16.2. The van der Waals surface area contributed by atoms with Crippen LogP contribution in [0, 0.1) is 5.92 Å². The van der Waals surface area contributed by atoms with Gasteiger partial charge in [-0.05, 0) is 37.7 Å². The second-order valence-corrected chi connectivity index (χ2v) is 6.03. The average molecular weight is 326 g/mol. The summed E-state index contributed by atoms with van der Waals surface area (Å²) >= 11 is 0. The van der Waals surface area contributed by atoms with Crippen molar-refractivity contribution in [2.24, 2.45) is 5.92 Å². The molecule has 2 aromatic rings. The van der Waals surface area contributed by atoms with Gasteiger partial charge in [0.1, 0.15) is 17.8 Å². The first-order chi connectivity index (χ1) is 11.8. The average Bonchev–Trinajstić information content (AvgIpc) is 2.88. The van der Waals surface area contributed by atoms with E-state index in [1.165, 1.54) is 6.33 Å². The Balaban J connectivity index is 1.57.